The summed E-state index contributed by atoms with van der Waals surface area (Å²) < 4.78 is 8.28. The standard InChI is InChI=1S/C17H14ClN3OS2/c1-10-7-16-19-20-17(23-9-12-4-6-15(18)24-12)21(16)14-8-11(22-2)3-5-13(10)14/h3-8H,9H2,1-2H3. The molecule has 0 bridgehead atoms. The van der Waals surface area contributed by atoms with Crippen LogP contribution >= 0.6 is 34.7 Å². The lowest BCUT2D eigenvalue weighted by molar-refractivity contribution is 0.415. The highest BCUT2D eigenvalue weighted by molar-refractivity contribution is 7.98. The zero-order valence-corrected chi connectivity index (χ0v) is 15.5. The second-order valence-electron chi connectivity index (χ2n) is 5.38. The first-order valence-corrected chi connectivity index (χ1v) is 9.53. The van der Waals surface area contributed by atoms with Gasteiger partial charge in [-0.1, -0.05) is 23.4 Å². The number of ether oxygens (including phenoxy) is 1. The Morgan fingerprint density at radius 1 is 1.21 bits per heavy atom. The van der Waals surface area contributed by atoms with Gasteiger partial charge in [-0.15, -0.1) is 21.5 Å². The monoisotopic (exact) mass is 375 g/mol. The molecule has 3 aromatic heterocycles. The van der Waals surface area contributed by atoms with Gasteiger partial charge >= 0.3 is 0 Å². The Morgan fingerprint density at radius 2 is 2.08 bits per heavy atom. The summed E-state index contributed by atoms with van der Waals surface area (Å²) >= 11 is 9.26. The molecule has 0 saturated carbocycles. The summed E-state index contributed by atoms with van der Waals surface area (Å²) in [6.45, 7) is 2.09. The van der Waals surface area contributed by atoms with Gasteiger partial charge in [0, 0.05) is 22.1 Å². The molecule has 0 aliphatic carbocycles. The van der Waals surface area contributed by atoms with E-state index in [-0.39, 0.29) is 0 Å². The lowest BCUT2D eigenvalue weighted by atomic mass is 10.1. The van der Waals surface area contributed by atoms with Gasteiger partial charge in [-0.25, -0.2) is 0 Å². The van der Waals surface area contributed by atoms with Crippen molar-refractivity contribution in [2.75, 3.05) is 7.11 Å². The third-order valence-corrected chi connectivity index (χ3v) is 6.24. The number of aromatic nitrogens is 3. The van der Waals surface area contributed by atoms with Gasteiger partial charge in [0.15, 0.2) is 10.8 Å². The van der Waals surface area contributed by atoms with E-state index in [2.05, 4.69) is 39.7 Å². The molecule has 4 rings (SSSR count). The maximum atomic E-state index is 6.01. The highest BCUT2D eigenvalue weighted by atomic mass is 35.5. The second kappa shape index (κ2) is 6.27. The van der Waals surface area contributed by atoms with E-state index in [9.17, 15) is 0 Å². The van der Waals surface area contributed by atoms with Crippen LogP contribution in [0.15, 0.2) is 41.6 Å². The zero-order chi connectivity index (χ0) is 16.7. The molecule has 0 N–H and O–H groups in total. The smallest absolute Gasteiger partial charge is 0.196 e. The zero-order valence-electron chi connectivity index (χ0n) is 13.1. The Kier molecular flexibility index (Phi) is 4.12. The predicted octanol–water partition coefficient (Wildman–Crippen LogP) is 5.21. The SMILES string of the molecule is COc1ccc2c(C)cc3nnc(SCc4ccc(Cl)s4)n3c2c1. The van der Waals surface area contributed by atoms with Crippen LogP contribution in [-0.2, 0) is 5.75 Å². The summed E-state index contributed by atoms with van der Waals surface area (Å²) in [5.74, 6) is 1.64. The first-order valence-electron chi connectivity index (χ1n) is 7.35. The minimum Gasteiger partial charge on any atom is -0.497 e. The topological polar surface area (TPSA) is 39.4 Å². The number of aryl methyl sites for hydroxylation is 1. The maximum absolute atomic E-state index is 6.01. The third kappa shape index (κ3) is 2.75. The number of nitrogens with zero attached hydrogens (tertiary/aromatic N) is 3. The molecule has 4 aromatic rings. The summed E-state index contributed by atoms with van der Waals surface area (Å²) in [7, 11) is 1.68. The van der Waals surface area contributed by atoms with Crippen molar-refractivity contribution in [2.45, 2.75) is 17.8 Å². The van der Waals surface area contributed by atoms with Crippen LogP contribution in [0, 0.1) is 6.92 Å². The minimum atomic E-state index is 0.808. The van der Waals surface area contributed by atoms with Crippen LogP contribution in [0.25, 0.3) is 16.6 Å². The lowest BCUT2D eigenvalue weighted by Crippen LogP contribution is -1.94. The number of fused-ring (bicyclic) bond motifs is 3. The van der Waals surface area contributed by atoms with Gasteiger partial charge in [0.25, 0.3) is 0 Å². The van der Waals surface area contributed by atoms with Crippen molar-refractivity contribution in [3.63, 3.8) is 0 Å². The normalized spacial score (nSPS) is 11.5. The highest BCUT2D eigenvalue weighted by Crippen LogP contribution is 2.31. The van der Waals surface area contributed by atoms with Gasteiger partial charge in [0.2, 0.25) is 0 Å². The first kappa shape index (κ1) is 15.7. The van der Waals surface area contributed by atoms with Crippen molar-refractivity contribution >= 4 is 51.2 Å². The van der Waals surface area contributed by atoms with Crippen molar-refractivity contribution in [2.24, 2.45) is 0 Å². The Hall–Kier alpha value is -1.76. The Morgan fingerprint density at radius 3 is 2.83 bits per heavy atom. The molecule has 1 aromatic carbocycles. The molecule has 24 heavy (non-hydrogen) atoms. The number of benzene rings is 1. The third-order valence-electron chi connectivity index (χ3n) is 3.85. The Labute approximate surface area is 152 Å². The Balaban J connectivity index is 1.82. The number of thioether (sulfide) groups is 1. The van der Waals surface area contributed by atoms with Crippen molar-refractivity contribution in [3.8, 4) is 5.75 Å². The lowest BCUT2D eigenvalue weighted by Gasteiger charge is -2.09. The highest BCUT2D eigenvalue weighted by Gasteiger charge is 2.13. The van der Waals surface area contributed by atoms with Crippen molar-refractivity contribution in [1.29, 1.82) is 0 Å². The van der Waals surface area contributed by atoms with Crippen LogP contribution in [0.3, 0.4) is 0 Å². The molecule has 0 radical (unpaired) electrons. The molecule has 3 heterocycles. The van der Waals surface area contributed by atoms with E-state index >= 15 is 0 Å². The number of methoxy groups -OCH3 is 1. The number of pyridine rings is 1. The first-order chi connectivity index (χ1) is 11.7. The largest absolute Gasteiger partial charge is 0.497 e. The molecular formula is C17H14ClN3OS2. The number of thiophene rings is 1. The van der Waals surface area contributed by atoms with Crippen molar-refractivity contribution in [3.05, 3.63) is 51.2 Å². The van der Waals surface area contributed by atoms with Gasteiger partial charge in [-0.3, -0.25) is 4.40 Å². The minimum absolute atomic E-state index is 0.808. The average molecular weight is 376 g/mol. The molecule has 0 atom stereocenters. The molecule has 0 spiro atoms. The van der Waals surface area contributed by atoms with E-state index in [1.165, 1.54) is 15.8 Å². The summed E-state index contributed by atoms with van der Waals surface area (Å²) in [6, 6.07) is 12.1. The molecule has 0 aliphatic rings. The fourth-order valence-corrected chi connectivity index (χ4v) is 4.77. The molecule has 0 aliphatic heterocycles. The number of rotatable bonds is 4. The average Bonchev–Trinajstić information content (AvgIpc) is 3.18. The quantitative estimate of drug-likeness (QED) is 0.459. The van der Waals surface area contributed by atoms with Crippen LogP contribution in [0.4, 0.5) is 0 Å². The van der Waals surface area contributed by atoms with Gasteiger partial charge in [-0.2, -0.15) is 0 Å². The summed E-state index contributed by atoms with van der Waals surface area (Å²) in [5.41, 5.74) is 3.08. The number of hydrogen-bond acceptors (Lipinski definition) is 5. The molecule has 4 nitrogen and oxygen atoms in total. The Bertz CT molecular complexity index is 1040. The van der Waals surface area contributed by atoms with Crippen molar-refractivity contribution < 1.29 is 4.74 Å². The van der Waals surface area contributed by atoms with Gasteiger partial charge in [0.1, 0.15) is 5.75 Å². The number of halogens is 1. The van der Waals surface area contributed by atoms with Gasteiger partial charge in [0.05, 0.1) is 17.0 Å². The molecule has 0 saturated heterocycles. The van der Waals surface area contributed by atoms with E-state index in [1.807, 2.05) is 18.2 Å². The summed E-state index contributed by atoms with van der Waals surface area (Å²) in [6.07, 6.45) is 0. The van der Waals surface area contributed by atoms with Crippen LogP contribution in [0.2, 0.25) is 4.34 Å². The summed E-state index contributed by atoms with van der Waals surface area (Å²) in [5, 5.41) is 10.7. The summed E-state index contributed by atoms with van der Waals surface area (Å²) in [4.78, 5) is 1.22. The maximum Gasteiger partial charge on any atom is 0.196 e. The van der Waals surface area contributed by atoms with Gasteiger partial charge < -0.3 is 4.74 Å². The van der Waals surface area contributed by atoms with E-state index in [4.69, 9.17) is 16.3 Å². The van der Waals surface area contributed by atoms with Crippen LogP contribution in [0.5, 0.6) is 5.75 Å². The predicted molar refractivity (Wildman–Crippen MR) is 101 cm³/mol. The van der Waals surface area contributed by atoms with Crippen LogP contribution < -0.4 is 4.74 Å². The van der Waals surface area contributed by atoms with E-state index < -0.39 is 0 Å². The van der Waals surface area contributed by atoms with E-state index in [0.29, 0.717) is 0 Å². The van der Waals surface area contributed by atoms with Crippen LogP contribution in [0.1, 0.15) is 10.4 Å². The second-order valence-corrected chi connectivity index (χ2v) is 8.12. The van der Waals surface area contributed by atoms with Crippen LogP contribution in [-0.4, -0.2) is 21.7 Å². The fourth-order valence-electron chi connectivity index (χ4n) is 2.69. The molecular weight excluding hydrogens is 362 g/mol. The molecule has 0 fully saturated rings. The molecule has 0 amide bonds. The van der Waals surface area contributed by atoms with E-state index in [1.54, 1.807) is 30.2 Å². The molecule has 7 heteroatoms. The molecule has 122 valence electrons. The van der Waals surface area contributed by atoms with Gasteiger partial charge in [-0.05, 0) is 42.8 Å². The molecule has 0 unspecified atom stereocenters. The van der Waals surface area contributed by atoms with Crippen molar-refractivity contribution in [1.82, 2.24) is 14.6 Å². The fraction of sp³-hybridized carbons (Fsp3) is 0.176. The van der Waals surface area contributed by atoms with E-state index in [0.717, 1.165) is 32.2 Å². The number of hydrogen-bond donors (Lipinski definition) is 0.